The first-order valence-electron chi connectivity index (χ1n) is 8.02. The minimum Gasteiger partial charge on any atom is -0.375 e. The number of thiophene rings is 1. The Hall–Kier alpha value is -2.58. The zero-order chi connectivity index (χ0) is 17.1. The number of hydrogen-bond acceptors (Lipinski definition) is 6. The lowest BCUT2D eigenvalue weighted by molar-refractivity contribution is 0.0852. The van der Waals surface area contributed by atoms with Gasteiger partial charge in [0, 0.05) is 47.9 Å². The standard InChI is InChI=1S/C17H17N5O2S/c23-17(14-3-5-25-11-14)19-6-12-8-22-15(10-24-9-12)16(20-21-22)13-2-1-4-18-7-13/h1-5,7,11-12H,6,8-10H2,(H,19,23)/t12-/m0/s1. The summed E-state index contributed by atoms with van der Waals surface area (Å²) in [7, 11) is 0. The van der Waals surface area contributed by atoms with Gasteiger partial charge in [-0.3, -0.25) is 9.78 Å². The molecule has 4 heterocycles. The number of pyridine rings is 1. The van der Waals surface area contributed by atoms with Crippen LogP contribution in [0.2, 0.25) is 0 Å². The third-order valence-corrected chi connectivity index (χ3v) is 4.81. The molecule has 0 aromatic carbocycles. The number of nitrogens with one attached hydrogen (secondary N) is 1. The molecule has 3 aromatic rings. The van der Waals surface area contributed by atoms with E-state index in [1.807, 2.05) is 33.6 Å². The number of ether oxygens (including phenoxy) is 1. The Balaban J connectivity index is 1.45. The van der Waals surface area contributed by atoms with Gasteiger partial charge in [-0.2, -0.15) is 11.3 Å². The van der Waals surface area contributed by atoms with E-state index in [0.29, 0.717) is 31.9 Å². The van der Waals surface area contributed by atoms with Crippen LogP contribution in [0.4, 0.5) is 0 Å². The van der Waals surface area contributed by atoms with Gasteiger partial charge in [0.05, 0.1) is 18.9 Å². The van der Waals surface area contributed by atoms with Crippen LogP contribution in [0.3, 0.4) is 0 Å². The van der Waals surface area contributed by atoms with Crippen molar-refractivity contribution < 1.29 is 9.53 Å². The smallest absolute Gasteiger partial charge is 0.252 e. The van der Waals surface area contributed by atoms with E-state index in [-0.39, 0.29) is 11.8 Å². The van der Waals surface area contributed by atoms with Gasteiger partial charge in [0.2, 0.25) is 0 Å². The summed E-state index contributed by atoms with van der Waals surface area (Å²) in [6.45, 7) is 2.22. The van der Waals surface area contributed by atoms with Crippen molar-refractivity contribution in [1.29, 1.82) is 0 Å². The summed E-state index contributed by atoms with van der Waals surface area (Å²) in [5.41, 5.74) is 3.37. The van der Waals surface area contributed by atoms with Gasteiger partial charge in [-0.15, -0.1) is 5.10 Å². The normalized spacial score (nSPS) is 16.9. The van der Waals surface area contributed by atoms with E-state index < -0.39 is 0 Å². The van der Waals surface area contributed by atoms with Crippen LogP contribution in [-0.4, -0.2) is 39.0 Å². The summed E-state index contributed by atoms with van der Waals surface area (Å²) in [4.78, 5) is 16.2. The summed E-state index contributed by atoms with van der Waals surface area (Å²) < 4.78 is 7.68. The molecule has 4 rings (SSSR count). The Morgan fingerprint density at radius 1 is 1.44 bits per heavy atom. The molecule has 0 fully saturated rings. The van der Waals surface area contributed by atoms with Gasteiger partial charge in [-0.1, -0.05) is 5.21 Å². The molecule has 0 spiro atoms. The zero-order valence-corrected chi connectivity index (χ0v) is 14.3. The van der Waals surface area contributed by atoms with E-state index in [1.165, 1.54) is 11.3 Å². The van der Waals surface area contributed by atoms with Crippen molar-refractivity contribution in [2.24, 2.45) is 5.92 Å². The van der Waals surface area contributed by atoms with Crippen molar-refractivity contribution in [2.75, 3.05) is 13.2 Å². The summed E-state index contributed by atoms with van der Waals surface area (Å²) in [5.74, 6) is 0.0904. The third-order valence-electron chi connectivity index (χ3n) is 4.13. The molecule has 3 aromatic heterocycles. The van der Waals surface area contributed by atoms with Crippen molar-refractivity contribution in [3.63, 3.8) is 0 Å². The first kappa shape index (κ1) is 15.9. The molecule has 0 bridgehead atoms. The van der Waals surface area contributed by atoms with Crippen molar-refractivity contribution in [3.05, 3.63) is 52.6 Å². The minimum absolute atomic E-state index is 0.0552. The number of carbonyl (C=O) groups is 1. The molecular formula is C17H17N5O2S. The van der Waals surface area contributed by atoms with Crippen LogP contribution in [0.1, 0.15) is 16.1 Å². The highest BCUT2D eigenvalue weighted by Gasteiger charge is 2.23. The minimum atomic E-state index is -0.0552. The van der Waals surface area contributed by atoms with E-state index in [1.54, 1.807) is 12.4 Å². The van der Waals surface area contributed by atoms with Crippen molar-refractivity contribution in [2.45, 2.75) is 13.2 Å². The van der Waals surface area contributed by atoms with Crippen LogP contribution >= 0.6 is 11.3 Å². The quantitative estimate of drug-likeness (QED) is 0.774. The lowest BCUT2D eigenvalue weighted by atomic mass is 10.1. The van der Waals surface area contributed by atoms with Gasteiger partial charge < -0.3 is 10.1 Å². The fourth-order valence-corrected chi connectivity index (χ4v) is 3.46. The molecule has 1 atom stereocenters. The maximum Gasteiger partial charge on any atom is 0.252 e. The van der Waals surface area contributed by atoms with Gasteiger partial charge in [-0.25, -0.2) is 4.68 Å². The van der Waals surface area contributed by atoms with Crippen LogP contribution < -0.4 is 5.32 Å². The molecule has 1 aliphatic rings. The van der Waals surface area contributed by atoms with Crippen molar-refractivity contribution in [1.82, 2.24) is 25.3 Å². The van der Waals surface area contributed by atoms with E-state index >= 15 is 0 Å². The van der Waals surface area contributed by atoms with Gasteiger partial charge in [0.25, 0.3) is 5.91 Å². The molecule has 128 valence electrons. The second kappa shape index (κ2) is 7.12. The Morgan fingerprint density at radius 3 is 3.20 bits per heavy atom. The van der Waals surface area contributed by atoms with E-state index in [2.05, 4.69) is 20.6 Å². The Kier molecular flexibility index (Phi) is 4.53. The lowest BCUT2D eigenvalue weighted by Gasteiger charge is -2.14. The van der Waals surface area contributed by atoms with Crippen LogP contribution in [0.25, 0.3) is 11.3 Å². The number of amides is 1. The van der Waals surface area contributed by atoms with Gasteiger partial charge in [-0.05, 0) is 23.6 Å². The molecule has 1 N–H and O–H groups in total. The molecule has 1 aliphatic heterocycles. The second-order valence-electron chi connectivity index (χ2n) is 5.91. The largest absolute Gasteiger partial charge is 0.375 e. The number of aromatic nitrogens is 4. The fraction of sp³-hybridized carbons (Fsp3) is 0.294. The van der Waals surface area contributed by atoms with Crippen molar-refractivity contribution >= 4 is 17.2 Å². The van der Waals surface area contributed by atoms with Crippen molar-refractivity contribution in [3.8, 4) is 11.3 Å². The topological polar surface area (TPSA) is 81.9 Å². The number of hydrogen-bond donors (Lipinski definition) is 1. The molecule has 0 saturated heterocycles. The molecule has 0 unspecified atom stereocenters. The molecule has 7 nitrogen and oxygen atoms in total. The first-order valence-corrected chi connectivity index (χ1v) is 8.96. The number of fused-ring (bicyclic) bond motifs is 1. The van der Waals surface area contributed by atoms with E-state index in [0.717, 1.165) is 17.0 Å². The van der Waals surface area contributed by atoms with Gasteiger partial charge in [0.1, 0.15) is 5.69 Å². The monoisotopic (exact) mass is 355 g/mol. The highest BCUT2D eigenvalue weighted by molar-refractivity contribution is 7.08. The predicted molar refractivity (Wildman–Crippen MR) is 93.1 cm³/mol. The summed E-state index contributed by atoms with van der Waals surface area (Å²) in [5, 5.41) is 15.3. The number of rotatable bonds is 4. The Labute approximate surface area is 148 Å². The summed E-state index contributed by atoms with van der Waals surface area (Å²) in [6, 6.07) is 5.65. The first-order chi connectivity index (χ1) is 12.3. The highest BCUT2D eigenvalue weighted by atomic mass is 32.1. The summed E-state index contributed by atoms with van der Waals surface area (Å²) >= 11 is 1.51. The van der Waals surface area contributed by atoms with Gasteiger partial charge in [0.15, 0.2) is 0 Å². The molecule has 1 amide bonds. The maximum absolute atomic E-state index is 12.1. The Bertz CT molecular complexity index is 847. The molecule has 0 saturated carbocycles. The highest BCUT2D eigenvalue weighted by Crippen LogP contribution is 2.23. The average Bonchev–Trinajstić information content (AvgIpc) is 3.27. The van der Waals surface area contributed by atoms with Crippen LogP contribution in [-0.2, 0) is 17.9 Å². The lowest BCUT2D eigenvalue weighted by Crippen LogP contribution is -2.32. The Morgan fingerprint density at radius 2 is 2.40 bits per heavy atom. The maximum atomic E-state index is 12.1. The van der Waals surface area contributed by atoms with Crippen LogP contribution in [0.5, 0.6) is 0 Å². The molecule has 0 radical (unpaired) electrons. The predicted octanol–water partition coefficient (Wildman–Crippen LogP) is 1.98. The molecule has 8 heteroatoms. The summed E-state index contributed by atoms with van der Waals surface area (Å²) in [6.07, 6.45) is 3.50. The zero-order valence-electron chi connectivity index (χ0n) is 13.5. The number of carbonyl (C=O) groups excluding carboxylic acids is 1. The van der Waals surface area contributed by atoms with Crippen LogP contribution in [0, 0.1) is 5.92 Å². The van der Waals surface area contributed by atoms with E-state index in [9.17, 15) is 4.79 Å². The van der Waals surface area contributed by atoms with Crippen LogP contribution in [0.15, 0.2) is 41.4 Å². The second-order valence-corrected chi connectivity index (χ2v) is 6.69. The molecule has 25 heavy (non-hydrogen) atoms. The van der Waals surface area contributed by atoms with E-state index in [4.69, 9.17) is 4.74 Å². The molecule has 0 aliphatic carbocycles. The SMILES string of the molecule is O=C(NC[C@@H]1COCc2c(-c3cccnc3)nnn2C1)c1ccsc1. The molecular weight excluding hydrogens is 338 g/mol. The third kappa shape index (κ3) is 3.45. The fourth-order valence-electron chi connectivity index (χ4n) is 2.83. The average molecular weight is 355 g/mol. The van der Waals surface area contributed by atoms with Gasteiger partial charge >= 0.3 is 0 Å². The number of nitrogens with zero attached hydrogens (tertiary/aromatic N) is 4.